The summed E-state index contributed by atoms with van der Waals surface area (Å²) in [5, 5.41) is 51.4. The van der Waals surface area contributed by atoms with Crippen LogP contribution in [0.25, 0.3) is 12.2 Å². The molecule has 2 fully saturated rings. The quantitative estimate of drug-likeness (QED) is 0.00625. The zero-order chi connectivity index (χ0) is 74.1. The van der Waals surface area contributed by atoms with Gasteiger partial charge < -0.3 is 74.9 Å². The molecule has 0 aliphatic carbocycles. The van der Waals surface area contributed by atoms with Crippen LogP contribution in [0.15, 0.2) is 114 Å². The number of aliphatic hydroxyl groups is 2. The molecule has 38 heteroatoms. The number of nitrogens with zero attached hydrogens (tertiary/aromatic N) is 14. The van der Waals surface area contributed by atoms with E-state index in [1.54, 1.807) is 29.2 Å². The summed E-state index contributed by atoms with van der Waals surface area (Å²) >= 11 is 2.04. The Morgan fingerprint density at radius 1 is 0.563 bits per heavy atom. The molecule has 7 aromatic rings. The Labute approximate surface area is 601 Å². The maximum atomic E-state index is 13.8. The lowest BCUT2D eigenvalue weighted by Crippen LogP contribution is -2.36. The van der Waals surface area contributed by atoms with Crippen molar-refractivity contribution in [2.75, 3.05) is 165 Å². The van der Waals surface area contributed by atoms with Crippen molar-refractivity contribution in [3.05, 3.63) is 93.7 Å². The van der Waals surface area contributed by atoms with Crippen molar-refractivity contribution in [3.8, 4) is 11.5 Å². The maximum Gasteiger partial charge on any atom is 0.294 e. The number of Topliss-reactive ketones (excluding diaryl/α,β-unsaturated/α-hetero) is 2. The molecule has 2 aliphatic heterocycles. The number of hydrogen-bond donors (Lipinski definition) is 8. The summed E-state index contributed by atoms with van der Waals surface area (Å²) in [5.74, 6) is -1.55. The topological polar surface area (TPSA) is 433 Å². The third-order valence-electron chi connectivity index (χ3n) is 15.9. The van der Waals surface area contributed by atoms with Gasteiger partial charge in [0.2, 0.25) is 28.1 Å². The van der Waals surface area contributed by atoms with Crippen LogP contribution in [-0.2, 0) is 48.9 Å². The molecular formula is C65H78N18O16S4. The van der Waals surface area contributed by atoms with Gasteiger partial charge in [-0.2, -0.15) is 41.8 Å². The second-order valence-corrected chi connectivity index (χ2v) is 27.4. The molecule has 0 atom stereocenters. The SMILES string of the molecule is CCN(CC)c1cc(Nc2nc(Nc3cc(N(CC)CC)c(OC)cc3/N=N/c3nc(N4CCOCC4)c(/C=C(\C(C)=O)C(=O)Nc4cccc(S(=O)(=O)O)c4)s3)nc(N(CCO)CCO)n2)c(/N=N/c2nc(N3CCOCC3)c(/C=C(/C(C)=O)C(=O)Nc3cccc(S(=O)(=O)O)c3)s2)cc1OC. The van der Waals surface area contributed by atoms with Gasteiger partial charge in [-0.1, -0.05) is 34.8 Å². The summed E-state index contributed by atoms with van der Waals surface area (Å²) in [5.41, 5.74) is 1.63. The van der Waals surface area contributed by atoms with Gasteiger partial charge in [-0.05, 0) is 102 Å². The number of thiazole rings is 2. The predicted molar refractivity (Wildman–Crippen MR) is 392 cm³/mol. The van der Waals surface area contributed by atoms with Gasteiger partial charge >= 0.3 is 0 Å². The van der Waals surface area contributed by atoms with Crippen LogP contribution in [-0.4, -0.2) is 204 Å². The summed E-state index contributed by atoms with van der Waals surface area (Å²) in [7, 11) is -6.23. The largest absolute Gasteiger partial charge is 0.494 e. The van der Waals surface area contributed by atoms with Crippen molar-refractivity contribution >= 4 is 164 Å². The van der Waals surface area contributed by atoms with E-state index in [1.165, 1.54) is 64.5 Å². The highest BCUT2D eigenvalue weighted by molar-refractivity contribution is 7.86. The summed E-state index contributed by atoms with van der Waals surface area (Å²) in [6, 6.07) is 16.7. The van der Waals surface area contributed by atoms with Crippen molar-refractivity contribution in [2.24, 2.45) is 20.5 Å². The Balaban J connectivity index is 1.13. The molecule has 5 heterocycles. The molecule has 3 aromatic heterocycles. The molecule has 0 radical (unpaired) electrons. The molecular weight excluding hydrogens is 1420 g/mol. The molecule has 34 nitrogen and oxygen atoms in total. The van der Waals surface area contributed by atoms with Crippen molar-refractivity contribution in [3.63, 3.8) is 0 Å². The molecule has 0 unspecified atom stereocenters. The van der Waals surface area contributed by atoms with Crippen LogP contribution in [0.2, 0.25) is 0 Å². The fourth-order valence-electron chi connectivity index (χ4n) is 10.7. The van der Waals surface area contributed by atoms with Crippen LogP contribution < -0.4 is 55.2 Å². The number of azo groups is 2. The Bertz CT molecular complexity index is 4330. The molecule has 103 heavy (non-hydrogen) atoms. The highest BCUT2D eigenvalue weighted by Crippen LogP contribution is 2.45. The average molecular weight is 1500 g/mol. The number of ketones is 2. The normalized spacial score (nSPS) is 13.9. The lowest BCUT2D eigenvalue weighted by atomic mass is 10.1. The fraction of sp³-hybridized carbons (Fsp3) is 0.369. The first kappa shape index (κ1) is 77.1. The number of rotatable bonds is 33. The number of hydrogen-bond acceptors (Lipinski definition) is 32. The number of ether oxygens (including phenoxy) is 4. The standard InChI is InChI=1S/C65H78N18O16S4/c1-9-79(10-2)51-35-47(49(37-53(51)96-7)75-77-64-70-57(81-21-27-98-28-22-81)55(100-64)33-45(39(5)86)59(88)66-41-15-13-17-43(31-41)102(90,91)92)68-61-72-62(74-63(73-61)83(19-25-84)20-26-85)69-48-36-52(80(11-3)12-4)54(97-8)38-50(48)76-78-65-71-58(82-23-29-99-30-24-82)56(101-65)34-46(40(6)87)60(89)67-42-16-14-18-44(32-42)103(93,94)95/h13-18,31-38,84-85H,9-12,19-30H2,1-8H3,(H,66,88)(H,67,89)(H,90,91,92)(H,93,94,95)(H2,68,69,72,73,74)/b45-33-,46-34+,77-75+,78-76+. The van der Waals surface area contributed by atoms with E-state index < -0.39 is 53.4 Å². The first-order chi connectivity index (χ1) is 49.4. The number of nitrogens with one attached hydrogen (secondary N) is 4. The van der Waals surface area contributed by atoms with Gasteiger partial charge in [0.15, 0.2) is 11.6 Å². The average Bonchev–Trinajstić information content (AvgIpc) is 1.72. The molecule has 0 saturated carbocycles. The molecule has 0 spiro atoms. The number of benzene rings is 4. The number of morpholine rings is 2. The first-order valence-corrected chi connectivity index (χ1v) is 36.8. The van der Waals surface area contributed by atoms with Crippen LogP contribution in [0.3, 0.4) is 0 Å². The predicted octanol–water partition coefficient (Wildman–Crippen LogP) is 8.99. The molecule has 2 amide bonds. The summed E-state index contributed by atoms with van der Waals surface area (Å²) in [4.78, 5) is 87.7. The third kappa shape index (κ3) is 19.8. The van der Waals surface area contributed by atoms with Crippen molar-refractivity contribution in [1.82, 2.24) is 24.9 Å². The monoisotopic (exact) mass is 1490 g/mol. The lowest BCUT2D eigenvalue weighted by Gasteiger charge is -2.27. The first-order valence-electron chi connectivity index (χ1n) is 32.3. The number of aliphatic hydroxyl groups excluding tert-OH is 2. The van der Waals surface area contributed by atoms with Gasteiger partial charge in [0.1, 0.15) is 34.5 Å². The van der Waals surface area contributed by atoms with Gasteiger partial charge in [-0.3, -0.25) is 28.3 Å². The second kappa shape index (κ2) is 35.2. The van der Waals surface area contributed by atoms with E-state index in [4.69, 9.17) is 54.1 Å². The highest BCUT2D eigenvalue weighted by Gasteiger charge is 2.28. The van der Waals surface area contributed by atoms with Crippen molar-refractivity contribution in [2.45, 2.75) is 51.3 Å². The number of carbonyl (C=O) groups excluding carboxylic acids is 4. The zero-order valence-corrected chi connectivity index (χ0v) is 60.7. The van der Waals surface area contributed by atoms with E-state index in [1.807, 2.05) is 47.3 Å². The molecule has 8 N–H and O–H groups in total. The maximum absolute atomic E-state index is 13.8. The van der Waals surface area contributed by atoms with Crippen LogP contribution in [0.5, 0.6) is 11.5 Å². The van der Waals surface area contributed by atoms with Crippen LogP contribution in [0.4, 0.5) is 85.2 Å². The molecule has 548 valence electrons. The number of anilines is 11. The Kier molecular flexibility index (Phi) is 26.4. The molecule has 9 rings (SSSR count). The van der Waals surface area contributed by atoms with E-state index in [0.29, 0.717) is 134 Å². The number of carbonyl (C=O) groups is 4. The van der Waals surface area contributed by atoms with Gasteiger partial charge in [0, 0.05) is 89.0 Å². The van der Waals surface area contributed by atoms with E-state index >= 15 is 0 Å². The van der Waals surface area contributed by atoms with Gasteiger partial charge in [0.25, 0.3) is 32.1 Å². The molecule has 0 bridgehead atoms. The van der Waals surface area contributed by atoms with Crippen molar-refractivity contribution < 1.29 is 74.3 Å². The van der Waals surface area contributed by atoms with Crippen LogP contribution in [0, 0.1) is 0 Å². The smallest absolute Gasteiger partial charge is 0.294 e. The molecule has 2 aliphatic rings. The molecule has 4 aromatic carbocycles. The van der Waals surface area contributed by atoms with E-state index in [9.17, 15) is 55.3 Å². The van der Waals surface area contributed by atoms with Crippen LogP contribution >= 0.6 is 22.7 Å². The van der Waals surface area contributed by atoms with Gasteiger partial charge in [-0.25, -0.2) is 0 Å². The highest BCUT2D eigenvalue weighted by atomic mass is 32.2. The minimum absolute atomic E-state index is 0.00180. The lowest BCUT2D eigenvalue weighted by molar-refractivity contribution is -0.120. The Morgan fingerprint density at radius 3 is 1.29 bits per heavy atom. The van der Waals surface area contributed by atoms with E-state index in [2.05, 4.69) is 31.5 Å². The summed E-state index contributed by atoms with van der Waals surface area (Å²) in [6.07, 6.45) is 2.73. The van der Waals surface area contributed by atoms with E-state index in [0.717, 1.165) is 46.9 Å². The Morgan fingerprint density at radius 2 is 0.951 bits per heavy atom. The summed E-state index contributed by atoms with van der Waals surface area (Å²) < 4.78 is 90.3. The number of amides is 2. The Hall–Kier alpha value is -10.0. The summed E-state index contributed by atoms with van der Waals surface area (Å²) in [6.45, 7) is 14.7. The minimum Gasteiger partial charge on any atom is -0.494 e. The second-order valence-electron chi connectivity index (χ2n) is 22.5. The van der Waals surface area contributed by atoms with Crippen molar-refractivity contribution in [1.29, 1.82) is 0 Å². The number of methoxy groups -OCH3 is 2. The van der Waals surface area contributed by atoms with Gasteiger partial charge in [0.05, 0.1) is 107 Å². The van der Waals surface area contributed by atoms with Gasteiger partial charge in [-0.15, -0.1) is 20.5 Å². The van der Waals surface area contributed by atoms with E-state index in [-0.39, 0.29) is 88.3 Å². The third-order valence-corrected chi connectivity index (χ3v) is 19.3. The molecule has 2 saturated heterocycles. The zero-order valence-electron chi connectivity index (χ0n) is 57.5. The number of aromatic nitrogens is 5. The van der Waals surface area contributed by atoms with Crippen LogP contribution in [0.1, 0.15) is 51.3 Å². The minimum atomic E-state index is -4.63. The fourth-order valence-corrected chi connectivity index (χ4v) is 13.5.